The number of aryl methyl sites for hydroxylation is 1. The molecule has 19 heavy (non-hydrogen) atoms. The quantitative estimate of drug-likeness (QED) is 0.843. The first-order valence-electron chi connectivity index (χ1n) is 6.23. The maximum absolute atomic E-state index is 11.9. The summed E-state index contributed by atoms with van der Waals surface area (Å²) >= 11 is 0. The average Bonchev–Trinajstić information content (AvgIpc) is 2.39. The van der Waals surface area contributed by atoms with E-state index in [2.05, 4.69) is 0 Å². The zero-order valence-electron chi connectivity index (χ0n) is 10.8. The molecular formula is C13H18O5S. The van der Waals surface area contributed by atoms with Gasteiger partial charge in [0, 0.05) is 0 Å². The highest BCUT2D eigenvalue weighted by Gasteiger charge is 2.23. The largest absolute Gasteiger partial charge is 0.391 e. The Bertz CT molecular complexity index is 500. The van der Waals surface area contributed by atoms with Crippen LogP contribution in [0.3, 0.4) is 0 Å². The molecule has 1 N–H and O–H groups in total. The molecule has 106 valence electrons. The Morgan fingerprint density at radius 1 is 1.32 bits per heavy atom. The van der Waals surface area contributed by atoms with E-state index in [-0.39, 0.29) is 24.2 Å². The Balaban J connectivity index is 1.92. The lowest BCUT2D eigenvalue weighted by atomic mass is 10.1. The van der Waals surface area contributed by atoms with Gasteiger partial charge in [0.2, 0.25) is 0 Å². The predicted molar refractivity (Wildman–Crippen MR) is 69.3 cm³/mol. The van der Waals surface area contributed by atoms with Crippen molar-refractivity contribution in [1.29, 1.82) is 0 Å². The number of hydrogen-bond donors (Lipinski definition) is 1. The number of hydrogen-bond acceptors (Lipinski definition) is 5. The third kappa shape index (κ3) is 4.01. The molecule has 1 aromatic carbocycles. The van der Waals surface area contributed by atoms with Crippen LogP contribution >= 0.6 is 0 Å². The Hall–Kier alpha value is -0.950. The predicted octanol–water partition coefficient (Wildman–Crippen LogP) is 1.24. The summed E-state index contributed by atoms with van der Waals surface area (Å²) in [6, 6.07) is 6.50. The number of aliphatic hydroxyl groups excluding tert-OH is 1. The molecular weight excluding hydrogens is 268 g/mol. The van der Waals surface area contributed by atoms with E-state index in [0.29, 0.717) is 12.8 Å². The summed E-state index contributed by atoms with van der Waals surface area (Å²) in [5, 5.41) is 9.27. The molecule has 0 unspecified atom stereocenters. The van der Waals surface area contributed by atoms with Gasteiger partial charge in [-0.25, -0.2) is 0 Å². The lowest BCUT2D eigenvalue weighted by Crippen LogP contribution is -2.32. The van der Waals surface area contributed by atoms with Gasteiger partial charge in [0.05, 0.1) is 30.3 Å². The monoisotopic (exact) mass is 286 g/mol. The highest BCUT2D eigenvalue weighted by Crippen LogP contribution is 2.17. The Morgan fingerprint density at radius 3 is 2.58 bits per heavy atom. The minimum absolute atomic E-state index is 0.0110. The highest BCUT2D eigenvalue weighted by molar-refractivity contribution is 7.86. The van der Waals surface area contributed by atoms with Crippen molar-refractivity contribution in [3.8, 4) is 0 Å². The molecule has 0 spiro atoms. The molecule has 0 radical (unpaired) electrons. The third-order valence-corrected chi connectivity index (χ3v) is 4.36. The van der Waals surface area contributed by atoms with Gasteiger partial charge in [0.25, 0.3) is 10.1 Å². The van der Waals surface area contributed by atoms with Crippen molar-refractivity contribution in [3.05, 3.63) is 29.8 Å². The van der Waals surface area contributed by atoms with Gasteiger partial charge in [-0.05, 0) is 31.9 Å². The van der Waals surface area contributed by atoms with Crippen LogP contribution in [-0.4, -0.2) is 38.9 Å². The van der Waals surface area contributed by atoms with Crippen molar-refractivity contribution in [2.24, 2.45) is 0 Å². The normalized spacial score (nSPS) is 24.3. The van der Waals surface area contributed by atoms with Crippen LogP contribution in [0.1, 0.15) is 18.4 Å². The van der Waals surface area contributed by atoms with Crippen molar-refractivity contribution in [1.82, 2.24) is 0 Å². The third-order valence-electron chi connectivity index (χ3n) is 3.06. The lowest BCUT2D eigenvalue weighted by molar-refractivity contribution is -0.0689. The Morgan fingerprint density at radius 2 is 2.00 bits per heavy atom. The van der Waals surface area contributed by atoms with E-state index in [1.54, 1.807) is 12.1 Å². The molecule has 1 fully saturated rings. The molecule has 6 heteroatoms. The zero-order chi connectivity index (χ0) is 13.9. The molecule has 0 amide bonds. The van der Waals surface area contributed by atoms with Crippen LogP contribution in [0, 0.1) is 6.92 Å². The molecule has 0 aliphatic carbocycles. The SMILES string of the molecule is Cc1ccc(S(=O)(=O)OC[C@H]2CC[C@H](O)CO2)cc1. The molecule has 1 aliphatic heterocycles. The van der Waals surface area contributed by atoms with Gasteiger partial charge >= 0.3 is 0 Å². The Labute approximate surface area is 113 Å². The summed E-state index contributed by atoms with van der Waals surface area (Å²) in [4.78, 5) is 0.147. The Kier molecular flexibility index (Phi) is 4.57. The molecule has 0 aromatic heterocycles. The maximum atomic E-state index is 11.9. The van der Waals surface area contributed by atoms with Gasteiger partial charge in [-0.3, -0.25) is 4.18 Å². The molecule has 1 aliphatic rings. The van der Waals surface area contributed by atoms with Crippen LogP contribution in [0.5, 0.6) is 0 Å². The minimum Gasteiger partial charge on any atom is -0.391 e. The van der Waals surface area contributed by atoms with Crippen LogP contribution in [0.2, 0.25) is 0 Å². The van der Waals surface area contributed by atoms with Crippen LogP contribution in [0.25, 0.3) is 0 Å². The van der Waals surface area contributed by atoms with E-state index in [1.165, 1.54) is 12.1 Å². The topological polar surface area (TPSA) is 72.8 Å². The van der Waals surface area contributed by atoms with Crippen molar-refractivity contribution in [2.75, 3.05) is 13.2 Å². The second-order valence-electron chi connectivity index (χ2n) is 4.74. The van der Waals surface area contributed by atoms with Crippen LogP contribution in [0.15, 0.2) is 29.2 Å². The number of ether oxygens (including phenoxy) is 1. The fraction of sp³-hybridized carbons (Fsp3) is 0.538. The van der Waals surface area contributed by atoms with Gasteiger partial charge in [0.1, 0.15) is 0 Å². The average molecular weight is 286 g/mol. The molecule has 0 saturated carbocycles. The first kappa shape index (κ1) is 14.5. The van der Waals surface area contributed by atoms with E-state index >= 15 is 0 Å². The summed E-state index contributed by atoms with van der Waals surface area (Å²) < 4.78 is 34.1. The molecule has 1 saturated heterocycles. The van der Waals surface area contributed by atoms with E-state index < -0.39 is 16.2 Å². The fourth-order valence-corrected chi connectivity index (χ4v) is 2.80. The standard InChI is InChI=1S/C13H18O5S/c1-10-2-6-13(7-3-10)19(15,16)18-9-12-5-4-11(14)8-17-12/h2-3,6-7,11-12,14H,4-5,8-9H2,1H3/t11-,12+/m0/s1. The number of rotatable bonds is 4. The smallest absolute Gasteiger partial charge is 0.297 e. The summed E-state index contributed by atoms with van der Waals surface area (Å²) in [5.41, 5.74) is 0.989. The summed E-state index contributed by atoms with van der Waals surface area (Å²) in [5.74, 6) is 0. The second kappa shape index (κ2) is 6.00. The second-order valence-corrected chi connectivity index (χ2v) is 6.35. The van der Waals surface area contributed by atoms with E-state index in [1.807, 2.05) is 6.92 Å². The number of aliphatic hydroxyl groups is 1. The zero-order valence-corrected chi connectivity index (χ0v) is 11.6. The molecule has 5 nitrogen and oxygen atoms in total. The van der Waals surface area contributed by atoms with Gasteiger partial charge in [0.15, 0.2) is 0 Å². The van der Waals surface area contributed by atoms with E-state index in [4.69, 9.17) is 8.92 Å². The van der Waals surface area contributed by atoms with Gasteiger partial charge in [-0.15, -0.1) is 0 Å². The lowest BCUT2D eigenvalue weighted by Gasteiger charge is -2.25. The minimum atomic E-state index is -3.73. The van der Waals surface area contributed by atoms with Crippen molar-refractivity contribution >= 4 is 10.1 Å². The van der Waals surface area contributed by atoms with E-state index in [0.717, 1.165) is 5.56 Å². The first-order chi connectivity index (χ1) is 8.97. The van der Waals surface area contributed by atoms with Gasteiger partial charge < -0.3 is 9.84 Å². The van der Waals surface area contributed by atoms with Crippen molar-refractivity contribution < 1.29 is 22.4 Å². The summed E-state index contributed by atoms with van der Waals surface area (Å²) in [7, 11) is -3.73. The van der Waals surface area contributed by atoms with Gasteiger partial charge in [-0.1, -0.05) is 17.7 Å². The fourth-order valence-electron chi connectivity index (χ4n) is 1.86. The highest BCUT2D eigenvalue weighted by atomic mass is 32.2. The van der Waals surface area contributed by atoms with Crippen LogP contribution in [-0.2, 0) is 19.0 Å². The van der Waals surface area contributed by atoms with Crippen molar-refractivity contribution in [3.63, 3.8) is 0 Å². The van der Waals surface area contributed by atoms with Crippen LogP contribution < -0.4 is 0 Å². The summed E-state index contributed by atoms with van der Waals surface area (Å²) in [6.45, 7) is 2.11. The molecule has 0 bridgehead atoms. The summed E-state index contributed by atoms with van der Waals surface area (Å²) in [6.07, 6.45) is 0.483. The first-order valence-corrected chi connectivity index (χ1v) is 7.64. The molecule has 1 aromatic rings. The molecule has 2 rings (SSSR count). The van der Waals surface area contributed by atoms with Crippen molar-refractivity contribution in [2.45, 2.75) is 36.9 Å². The molecule has 2 atom stereocenters. The molecule has 1 heterocycles. The maximum Gasteiger partial charge on any atom is 0.297 e. The van der Waals surface area contributed by atoms with E-state index in [9.17, 15) is 13.5 Å². The van der Waals surface area contributed by atoms with Crippen LogP contribution in [0.4, 0.5) is 0 Å². The van der Waals surface area contributed by atoms with Gasteiger partial charge in [-0.2, -0.15) is 8.42 Å². The number of benzene rings is 1.